The number of phenols is 1. The van der Waals surface area contributed by atoms with Gasteiger partial charge in [-0.1, -0.05) is 6.07 Å². The molecule has 1 aliphatic rings. The molecule has 1 saturated carbocycles. The highest BCUT2D eigenvalue weighted by molar-refractivity contribution is 6.14. The van der Waals surface area contributed by atoms with Crippen LogP contribution in [0.15, 0.2) is 47.5 Å². The highest BCUT2D eigenvalue weighted by atomic mass is 19.1. The van der Waals surface area contributed by atoms with Gasteiger partial charge in [-0.15, -0.1) is 0 Å². The van der Waals surface area contributed by atoms with Crippen molar-refractivity contribution >= 4 is 17.9 Å². The van der Waals surface area contributed by atoms with Crippen LogP contribution in [-0.2, 0) is 4.79 Å². The molecule has 3 rings (SSSR count). The molecule has 1 fully saturated rings. The Balaban J connectivity index is 1.92. The molecule has 0 saturated heterocycles. The van der Waals surface area contributed by atoms with E-state index in [1.807, 2.05) is 0 Å². The zero-order chi connectivity index (χ0) is 18.7. The number of phenolic OH excluding ortho intramolecular Hbond substituents is 1. The van der Waals surface area contributed by atoms with E-state index in [1.54, 1.807) is 18.2 Å². The number of ketones is 1. The topological polar surface area (TPSA) is 46.5 Å². The summed E-state index contributed by atoms with van der Waals surface area (Å²) in [5.74, 6) is -0.946. The molecule has 0 unspecified atom stereocenters. The lowest BCUT2D eigenvalue weighted by atomic mass is 9.86. The average Bonchev–Trinajstić information content (AvgIpc) is 2.63. The van der Waals surface area contributed by atoms with Gasteiger partial charge in [0.1, 0.15) is 11.6 Å². The minimum atomic E-state index is -0.564. The summed E-state index contributed by atoms with van der Waals surface area (Å²) in [6.07, 6.45) is 5.02. The van der Waals surface area contributed by atoms with E-state index in [0.717, 1.165) is 30.2 Å². The van der Waals surface area contributed by atoms with Gasteiger partial charge in [0.05, 0.1) is 7.11 Å². The van der Waals surface area contributed by atoms with Gasteiger partial charge in [0.2, 0.25) is 0 Å². The van der Waals surface area contributed by atoms with E-state index in [4.69, 9.17) is 4.74 Å². The standard InChI is InChI=1S/C21H18F2O3/c1-26-20-10-13(5-8-19(20)24)9-14-3-2-4-15(21(14)25)11-16-12-17(22)6-7-18(16)23/h5-12,24H,2-4H2,1H3/b14-9+,15-11+. The maximum absolute atomic E-state index is 13.8. The minimum Gasteiger partial charge on any atom is -0.504 e. The van der Waals surface area contributed by atoms with Crippen molar-refractivity contribution < 1.29 is 23.4 Å². The largest absolute Gasteiger partial charge is 0.504 e. The maximum Gasteiger partial charge on any atom is 0.185 e. The molecule has 5 heteroatoms. The number of Topliss-reactive ketones (excluding diaryl/α,β-unsaturated/α-hetero) is 1. The van der Waals surface area contributed by atoms with Gasteiger partial charge in [-0.3, -0.25) is 4.79 Å². The first kappa shape index (κ1) is 17.9. The Morgan fingerprint density at radius 3 is 2.50 bits per heavy atom. The summed E-state index contributed by atoms with van der Waals surface area (Å²) in [5.41, 5.74) is 1.84. The third kappa shape index (κ3) is 3.82. The molecule has 0 aromatic heterocycles. The van der Waals surface area contributed by atoms with Gasteiger partial charge < -0.3 is 9.84 Å². The Hall–Kier alpha value is -2.95. The highest BCUT2D eigenvalue weighted by Crippen LogP contribution is 2.31. The molecule has 0 radical (unpaired) electrons. The molecule has 26 heavy (non-hydrogen) atoms. The first-order valence-electron chi connectivity index (χ1n) is 8.26. The number of carbonyl (C=O) groups is 1. The second-order valence-electron chi connectivity index (χ2n) is 6.12. The third-order valence-electron chi connectivity index (χ3n) is 4.31. The van der Waals surface area contributed by atoms with Gasteiger partial charge in [0.15, 0.2) is 17.3 Å². The monoisotopic (exact) mass is 356 g/mol. The van der Waals surface area contributed by atoms with E-state index < -0.39 is 11.6 Å². The van der Waals surface area contributed by atoms with E-state index in [-0.39, 0.29) is 17.1 Å². The molecule has 2 aromatic carbocycles. The summed E-state index contributed by atoms with van der Waals surface area (Å²) < 4.78 is 32.3. The molecule has 0 amide bonds. The average molecular weight is 356 g/mol. The van der Waals surface area contributed by atoms with Crippen molar-refractivity contribution in [1.29, 1.82) is 0 Å². The first-order valence-corrected chi connectivity index (χ1v) is 8.26. The van der Waals surface area contributed by atoms with Crippen LogP contribution in [0.2, 0.25) is 0 Å². The number of hydrogen-bond acceptors (Lipinski definition) is 3. The van der Waals surface area contributed by atoms with E-state index in [1.165, 1.54) is 19.3 Å². The van der Waals surface area contributed by atoms with Crippen LogP contribution < -0.4 is 4.74 Å². The van der Waals surface area contributed by atoms with Crippen molar-refractivity contribution in [3.05, 3.63) is 70.3 Å². The Labute approximate surface area is 150 Å². The number of rotatable bonds is 3. The lowest BCUT2D eigenvalue weighted by molar-refractivity contribution is -0.112. The predicted molar refractivity (Wildman–Crippen MR) is 95.8 cm³/mol. The normalized spacial score (nSPS) is 17.7. The number of methoxy groups -OCH3 is 1. The van der Waals surface area contributed by atoms with E-state index in [0.29, 0.717) is 29.7 Å². The molecular weight excluding hydrogens is 338 g/mol. The van der Waals surface area contributed by atoms with E-state index in [2.05, 4.69) is 0 Å². The predicted octanol–water partition coefficient (Wildman–Crippen LogP) is 4.90. The molecule has 0 heterocycles. The molecule has 0 atom stereocenters. The van der Waals surface area contributed by atoms with Crippen molar-refractivity contribution in [1.82, 2.24) is 0 Å². The second kappa shape index (κ2) is 7.52. The summed E-state index contributed by atoms with van der Waals surface area (Å²) in [7, 11) is 1.45. The zero-order valence-electron chi connectivity index (χ0n) is 14.3. The van der Waals surface area contributed by atoms with Crippen LogP contribution in [0.3, 0.4) is 0 Å². The van der Waals surface area contributed by atoms with Crippen molar-refractivity contribution in [3.8, 4) is 11.5 Å². The van der Waals surface area contributed by atoms with Gasteiger partial charge in [0, 0.05) is 16.7 Å². The molecular formula is C21H18F2O3. The summed E-state index contributed by atoms with van der Waals surface area (Å²) in [6, 6.07) is 8.00. The second-order valence-corrected chi connectivity index (χ2v) is 6.12. The van der Waals surface area contributed by atoms with Gasteiger partial charge in [0.25, 0.3) is 0 Å². The van der Waals surface area contributed by atoms with E-state index >= 15 is 0 Å². The summed E-state index contributed by atoms with van der Waals surface area (Å²) >= 11 is 0. The number of aromatic hydroxyl groups is 1. The van der Waals surface area contributed by atoms with Crippen LogP contribution in [0.5, 0.6) is 11.5 Å². The summed E-state index contributed by atoms with van der Waals surface area (Å²) in [6.45, 7) is 0. The molecule has 0 bridgehead atoms. The molecule has 1 aliphatic carbocycles. The van der Waals surface area contributed by atoms with Gasteiger partial charge in [-0.05, 0) is 67.3 Å². The smallest absolute Gasteiger partial charge is 0.185 e. The van der Waals surface area contributed by atoms with Crippen LogP contribution in [0.4, 0.5) is 8.78 Å². The van der Waals surface area contributed by atoms with Crippen LogP contribution in [-0.4, -0.2) is 18.0 Å². The first-order chi connectivity index (χ1) is 12.5. The van der Waals surface area contributed by atoms with Crippen molar-refractivity contribution in [2.45, 2.75) is 19.3 Å². The van der Waals surface area contributed by atoms with Crippen LogP contribution >= 0.6 is 0 Å². The van der Waals surface area contributed by atoms with Gasteiger partial charge in [-0.2, -0.15) is 0 Å². The minimum absolute atomic E-state index is 0.0202. The number of allylic oxidation sites excluding steroid dienone is 2. The Bertz CT molecular complexity index is 913. The number of benzene rings is 2. The van der Waals surface area contributed by atoms with Crippen molar-refractivity contribution in [2.24, 2.45) is 0 Å². The quantitative estimate of drug-likeness (QED) is 0.796. The van der Waals surface area contributed by atoms with Crippen LogP contribution in [0.1, 0.15) is 30.4 Å². The molecule has 0 aliphatic heterocycles. The van der Waals surface area contributed by atoms with Gasteiger partial charge in [-0.25, -0.2) is 8.78 Å². The molecule has 0 spiro atoms. The summed E-state index contributed by atoms with van der Waals surface area (Å²) in [5, 5.41) is 9.66. The molecule has 2 aromatic rings. The Morgan fingerprint density at radius 2 is 1.77 bits per heavy atom. The van der Waals surface area contributed by atoms with Gasteiger partial charge >= 0.3 is 0 Å². The van der Waals surface area contributed by atoms with E-state index in [9.17, 15) is 18.7 Å². The lowest BCUT2D eigenvalue weighted by Gasteiger charge is -2.17. The fourth-order valence-electron chi connectivity index (χ4n) is 2.98. The molecule has 134 valence electrons. The summed E-state index contributed by atoms with van der Waals surface area (Å²) in [4.78, 5) is 12.7. The maximum atomic E-state index is 13.8. The highest BCUT2D eigenvalue weighted by Gasteiger charge is 2.21. The van der Waals surface area contributed by atoms with Crippen LogP contribution in [0.25, 0.3) is 12.2 Å². The van der Waals surface area contributed by atoms with Crippen molar-refractivity contribution in [3.63, 3.8) is 0 Å². The fraction of sp³-hybridized carbons (Fsp3) is 0.190. The number of hydrogen-bond donors (Lipinski definition) is 1. The van der Waals surface area contributed by atoms with Crippen LogP contribution in [0, 0.1) is 11.6 Å². The number of halogens is 2. The third-order valence-corrected chi connectivity index (χ3v) is 4.31. The number of ether oxygens (including phenoxy) is 1. The fourth-order valence-corrected chi connectivity index (χ4v) is 2.98. The zero-order valence-corrected chi connectivity index (χ0v) is 14.3. The van der Waals surface area contributed by atoms with Crippen molar-refractivity contribution in [2.75, 3.05) is 7.11 Å². The number of carbonyl (C=O) groups excluding carboxylic acids is 1. The Morgan fingerprint density at radius 1 is 1.04 bits per heavy atom. The Kier molecular flexibility index (Phi) is 5.16. The lowest BCUT2D eigenvalue weighted by Crippen LogP contribution is -2.12. The molecule has 3 nitrogen and oxygen atoms in total. The molecule has 1 N–H and O–H groups in total. The SMILES string of the molecule is COc1cc(/C=C2\CCC/C(=C\c3cc(F)ccc3F)C2=O)ccc1O.